The molecule has 1 fully saturated rings. The van der Waals surface area contributed by atoms with Gasteiger partial charge in [-0.05, 0) is 25.0 Å². The molecule has 1 aliphatic rings. The molecular formula is C15H17N3O2. The molecule has 2 heterocycles. The third-order valence-electron chi connectivity index (χ3n) is 3.66. The summed E-state index contributed by atoms with van der Waals surface area (Å²) in [6.45, 7) is 1.73. The van der Waals surface area contributed by atoms with Crippen LogP contribution in [0, 0.1) is 5.92 Å². The number of nitrogens with zero attached hydrogens (tertiary/aromatic N) is 3. The van der Waals surface area contributed by atoms with Crippen molar-refractivity contribution in [3.63, 3.8) is 0 Å². The Morgan fingerprint density at radius 3 is 2.75 bits per heavy atom. The molecule has 1 aliphatic carbocycles. The van der Waals surface area contributed by atoms with Crippen molar-refractivity contribution >= 4 is 5.97 Å². The predicted octanol–water partition coefficient (Wildman–Crippen LogP) is 2.54. The van der Waals surface area contributed by atoms with Crippen molar-refractivity contribution in [1.82, 2.24) is 14.5 Å². The van der Waals surface area contributed by atoms with Gasteiger partial charge < -0.3 is 9.67 Å². The van der Waals surface area contributed by atoms with E-state index in [1.54, 1.807) is 19.3 Å². The van der Waals surface area contributed by atoms with Gasteiger partial charge >= 0.3 is 5.97 Å². The minimum Gasteiger partial charge on any atom is -0.481 e. The summed E-state index contributed by atoms with van der Waals surface area (Å²) < 4.78 is 2.20. The van der Waals surface area contributed by atoms with Gasteiger partial charge in [0.15, 0.2) is 0 Å². The van der Waals surface area contributed by atoms with Crippen LogP contribution in [0.2, 0.25) is 0 Å². The number of aromatic nitrogens is 3. The lowest BCUT2D eigenvalue weighted by atomic mass is 10.1. The Labute approximate surface area is 117 Å². The third kappa shape index (κ3) is 2.43. The van der Waals surface area contributed by atoms with Crippen molar-refractivity contribution in [1.29, 1.82) is 0 Å². The van der Waals surface area contributed by atoms with E-state index < -0.39 is 11.9 Å². The molecule has 0 saturated heterocycles. The van der Waals surface area contributed by atoms with Crippen molar-refractivity contribution in [2.75, 3.05) is 0 Å². The number of imidazole rings is 1. The molecule has 3 rings (SSSR count). The SMILES string of the molecule is CC(Cc1cnc(-c2ccncc2)n1C1CC1)C(=O)O. The van der Waals surface area contributed by atoms with E-state index in [1.165, 1.54) is 0 Å². The summed E-state index contributed by atoms with van der Waals surface area (Å²) in [6.07, 6.45) is 8.12. The molecule has 1 unspecified atom stereocenters. The van der Waals surface area contributed by atoms with Crippen LogP contribution < -0.4 is 0 Å². The quantitative estimate of drug-likeness (QED) is 0.907. The molecular weight excluding hydrogens is 254 g/mol. The zero-order valence-corrected chi connectivity index (χ0v) is 11.4. The van der Waals surface area contributed by atoms with Crippen LogP contribution in [0.4, 0.5) is 0 Å². The predicted molar refractivity (Wildman–Crippen MR) is 74.2 cm³/mol. The van der Waals surface area contributed by atoms with E-state index in [0.29, 0.717) is 12.5 Å². The average Bonchev–Trinajstić information content (AvgIpc) is 3.21. The fourth-order valence-corrected chi connectivity index (χ4v) is 2.40. The first kappa shape index (κ1) is 12.8. The van der Waals surface area contributed by atoms with E-state index >= 15 is 0 Å². The summed E-state index contributed by atoms with van der Waals surface area (Å²) in [7, 11) is 0. The molecule has 5 heteroatoms. The number of rotatable bonds is 5. The second kappa shape index (κ2) is 5.07. The second-order valence-corrected chi connectivity index (χ2v) is 5.35. The third-order valence-corrected chi connectivity index (χ3v) is 3.66. The van der Waals surface area contributed by atoms with Crippen LogP contribution in [0.1, 0.15) is 31.5 Å². The number of hydrogen-bond donors (Lipinski definition) is 1. The van der Waals surface area contributed by atoms with E-state index in [1.807, 2.05) is 18.3 Å². The molecule has 0 bridgehead atoms. The van der Waals surface area contributed by atoms with E-state index in [9.17, 15) is 4.79 Å². The number of pyridine rings is 1. The highest BCUT2D eigenvalue weighted by molar-refractivity contribution is 5.70. The van der Waals surface area contributed by atoms with Gasteiger partial charge in [-0.2, -0.15) is 0 Å². The molecule has 2 aromatic rings. The van der Waals surface area contributed by atoms with Gasteiger partial charge in [0.1, 0.15) is 5.82 Å². The largest absolute Gasteiger partial charge is 0.481 e. The molecule has 0 amide bonds. The summed E-state index contributed by atoms with van der Waals surface area (Å²) in [6, 6.07) is 4.34. The van der Waals surface area contributed by atoms with E-state index in [-0.39, 0.29) is 0 Å². The van der Waals surface area contributed by atoms with Crippen molar-refractivity contribution in [3.05, 3.63) is 36.4 Å². The fourth-order valence-electron chi connectivity index (χ4n) is 2.40. The topological polar surface area (TPSA) is 68.0 Å². The lowest BCUT2D eigenvalue weighted by molar-refractivity contribution is -0.141. The Balaban J connectivity index is 1.96. The second-order valence-electron chi connectivity index (χ2n) is 5.35. The minimum atomic E-state index is -0.765. The van der Waals surface area contributed by atoms with Crippen LogP contribution in [-0.4, -0.2) is 25.6 Å². The van der Waals surface area contributed by atoms with E-state index in [2.05, 4.69) is 14.5 Å². The average molecular weight is 271 g/mol. The molecule has 2 aromatic heterocycles. The lowest BCUT2D eigenvalue weighted by Gasteiger charge is -2.12. The van der Waals surface area contributed by atoms with Gasteiger partial charge in [-0.1, -0.05) is 6.92 Å². The van der Waals surface area contributed by atoms with E-state index in [0.717, 1.165) is 29.9 Å². The highest BCUT2D eigenvalue weighted by atomic mass is 16.4. The maximum atomic E-state index is 11.0. The number of carboxylic acids is 1. The Morgan fingerprint density at radius 2 is 2.15 bits per heavy atom. The van der Waals surface area contributed by atoms with Gasteiger partial charge in [0.25, 0.3) is 0 Å². The van der Waals surface area contributed by atoms with Crippen LogP contribution in [0.3, 0.4) is 0 Å². The van der Waals surface area contributed by atoms with Crippen LogP contribution in [0.25, 0.3) is 11.4 Å². The fraction of sp³-hybridized carbons (Fsp3) is 0.400. The van der Waals surface area contributed by atoms with Crippen LogP contribution in [0.5, 0.6) is 0 Å². The molecule has 20 heavy (non-hydrogen) atoms. The van der Waals surface area contributed by atoms with Gasteiger partial charge in [0.2, 0.25) is 0 Å². The van der Waals surface area contributed by atoms with Crippen LogP contribution in [0.15, 0.2) is 30.7 Å². The zero-order chi connectivity index (χ0) is 14.1. The van der Waals surface area contributed by atoms with Gasteiger partial charge in [0.05, 0.1) is 5.92 Å². The molecule has 5 nitrogen and oxygen atoms in total. The normalized spacial score (nSPS) is 16.1. The van der Waals surface area contributed by atoms with Gasteiger partial charge in [0, 0.05) is 42.3 Å². The van der Waals surface area contributed by atoms with Crippen LogP contribution in [-0.2, 0) is 11.2 Å². The first-order chi connectivity index (χ1) is 9.66. The maximum absolute atomic E-state index is 11.0. The molecule has 1 saturated carbocycles. The molecule has 0 aromatic carbocycles. The van der Waals surface area contributed by atoms with Crippen molar-refractivity contribution < 1.29 is 9.90 Å². The highest BCUT2D eigenvalue weighted by Gasteiger charge is 2.29. The van der Waals surface area contributed by atoms with Crippen molar-refractivity contribution in [2.24, 2.45) is 5.92 Å². The zero-order valence-electron chi connectivity index (χ0n) is 11.4. The Kier molecular flexibility index (Phi) is 3.26. The number of hydrogen-bond acceptors (Lipinski definition) is 3. The minimum absolute atomic E-state index is 0.394. The smallest absolute Gasteiger partial charge is 0.306 e. The van der Waals surface area contributed by atoms with E-state index in [4.69, 9.17) is 5.11 Å². The molecule has 1 atom stereocenters. The van der Waals surface area contributed by atoms with Gasteiger partial charge in [-0.25, -0.2) is 4.98 Å². The summed E-state index contributed by atoms with van der Waals surface area (Å²) in [5.41, 5.74) is 2.04. The summed E-state index contributed by atoms with van der Waals surface area (Å²) in [5.74, 6) is -0.240. The van der Waals surface area contributed by atoms with Crippen molar-refractivity contribution in [3.8, 4) is 11.4 Å². The number of carbonyl (C=O) groups is 1. The first-order valence-electron chi connectivity index (χ1n) is 6.86. The van der Waals surface area contributed by atoms with Gasteiger partial charge in [-0.15, -0.1) is 0 Å². The molecule has 0 radical (unpaired) electrons. The van der Waals surface area contributed by atoms with Crippen LogP contribution >= 0.6 is 0 Å². The Hall–Kier alpha value is -2.17. The summed E-state index contributed by atoms with van der Waals surface area (Å²) in [4.78, 5) is 19.6. The molecule has 0 spiro atoms. The van der Waals surface area contributed by atoms with Crippen molar-refractivity contribution in [2.45, 2.75) is 32.2 Å². The monoisotopic (exact) mass is 271 g/mol. The lowest BCUT2D eigenvalue weighted by Crippen LogP contribution is -2.15. The number of aliphatic carboxylic acids is 1. The molecule has 104 valence electrons. The molecule has 0 aliphatic heterocycles. The van der Waals surface area contributed by atoms with Gasteiger partial charge in [-0.3, -0.25) is 9.78 Å². The Morgan fingerprint density at radius 1 is 1.45 bits per heavy atom. The first-order valence-corrected chi connectivity index (χ1v) is 6.86. The highest BCUT2D eigenvalue weighted by Crippen LogP contribution is 2.39. The standard InChI is InChI=1S/C15H17N3O2/c1-10(15(19)20)8-13-9-17-14(18(13)12-2-3-12)11-4-6-16-7-5-11/h4-7,9-10,12H,2-3,8H2,1H3,(H,19,20). The number of carboxylic acid groups (broad SMARTS) is 1. The summed E-state index contributed by atoms with van der Waals surface area (Å²) in [5, 5.41) is 9.07. The summed E-state index contributed by atoms with van der Waals surface area (Å²) >= 11 is 0. The Bertz CT molecular complexity index is 617. The maximum Gasteiger partial charge on any atom is 0.306 e. The molecule has 1 N–H and O–H groups in total.